The Morgan fingerprint density at radius 1 is 1.13 bits per heavy atom. The van der Waals surface area contributed by atoms with Crippen molar-refractivity contribution in [1.29, 1.82) is 0 Å². The Labute approximate surface area is 263 Å². The maximum absolute atomic E-state index is 13.7. The number of ether oxygens (including phenoxy) is 2. The first-order valence-corrected chi connectivity index (χ1v) is 16.4. The normalized spacial score (nSPS) is 18.9. The van der Waals surface area contributed by atoms with Crippen molar-refractivity contribution in [2.75, 3.05) is 51.6 Å². The first-order chi connectivity index (χ1) is 21.3. The van der Waals surface area contributed by atoms with Crippen LogP contribution in [0.2, 0.25) is 0 Å². The molecule has 45 heavy (non-hydrogen) atoms. The van der Waals surface area contributed by atoms with Gasteiger partial charge in [-0.15, -0.1) is 0 Å². The van der Waals surface area contributed by atoms with Crippen LogP contribution < -0.4 is 20.5 Å². The molecule has 246 valence electrons. The maximum Gasteiger partial charge on any atom is 0.406 e. The number of hydrogen-bond donors (Lipinski definition) is 3. The fourth-order valence-corrected chi connectivity index (χ4v) is 6.65. The van der Waals surface area contributed by atoms with Crippen molar-refractivity contribution in [2.45, 2.75) is 68.2 Å². The summed E-state index contributed by atoms with van der Waals surface area (Å²) < 4.78 is 76.1. The van der Waals surface area contributed by atoms with Crippen molar-refractivity contribution >= 4 is 32.3 Å². The highest BCUT2D eigenvalue weighted by Crippen LogP contribution is 2.38. The number of benzene rings is 2. The monoisotopic (exact) mass is 649 g/mol. The predicted molar refractivity (Wildman–Crippen MR) is 171 cm³/mol. The number of nitrogens with zero attached hydrogens (tertiary/aromatic N) is 2. The number of sulfonamides is 1. The zero-order valence-electron chi connectivity index (χ0n) is 26.1. The second-order valence-electron chi connectivity index (χ2n) is 11.4. The summed E-state index contributed by atoms with van der Waals surface area (Å²) in [6, 6.07) is 11.4. The summed E-state index contributed by atoms with van der Waals surface area (Å²) in [5.41, 5.74) is 2.06. The number of primary sulfonamides is 1. The molecule has 0 bridgehead atoms. The first-order valence-electron chi connectivity index (χ1n) is 14.9. The summed E-state index contributed by atoms with van der Waals surface area (Å²) in [4.78, 5) is 2.30. The van der Waals surface area contributed by atoms with Crippen LogP contribution in [-0.4, -0.2) is 76.6 Å². The van der Waals surface area contributed by atoms with Crippen molar-refractivity contribution in [3.8, 4) is 17.6 Å². The summed E-state index contributed by atoms with van der Waals surface area (Å²) in [6.45, 7) is 2.67. The average molecular weight is 650 g/mol. The lowest BCUT2D eigenvalue weighted by Crippen LogP contribution is -2.51. The van der Waals surface area contributed by atoms with Gasteiger partial charge in [-0.3, -0.25) is 4.90 Å². The molecule has 0 saturated heterocycles. The summed E-state index contributed by atoms with van der Waals surface area (Å²) in [5, 5.41) is 12.5. The van der Waals surface area contributed by atoms with E-state index in [0.29, 0.717) is 23.2 Å². The van der Waals surface area contributed by atoms with Gasteiger partial charge in [-0.1, -0.05) is 18.9 Å². The van der Waals surface area contributed by atoms with E-state index in [0.717, 1.165) is 44.3 Å². The number of fused-ring (bicyclic) bond motifs is 1. The van der Waals surface area contributed by atoms with Crippen molar-refractivity contribution in [3.63, 3.8) is 0 Å². The molecule has 1 saturated carbocycles. The molecule has 0 amide bonds. The van der Waals surface area contributed by atoms with Crippen molar-refractivity contribution in [3.05, 3.63) is 48.2 Å². The van der Waals surface area contributed by atoms with Gasteiger partial charge in [-0.05, 0) is 75.4 Å². The smallest absolute Gasteiger partial charge is 0.406 e. The maximum atomic E-state index is 13.7. The van der Waals surface area contributed by atoms with Gasteiger partial charge in [0.25, 0.3) is 0 Å². The number of rotatable bonds is 12. The van der Waals surface area contributed by atoms with Gasteiger partial charge in [-0.25, -0.2) is 13.6 Å². The van der Waals surface area contributed by atoms with Crippen molar-refractivity contribution in [1.82, 2.24) is 9.47 Å². The Morgan fingerprint density at radius 3 is 2.49 bits per heavy atom. The van der Waals surface area contributed by atoms with Crippen LogP contribution in [0.5, 0.6) is 5.75 Å². The van der Waals surface area contributed by atoms with E-state index >= 15 is 0 Å². The van der Waals surface area contributed by atoms with Crippen LogP contribution in [0.25, 0.3) is 10.9 Å². The molecule has 4 rings (SSSR count). The molecule has 0 aliphatic heterocycles. The lowest BCUT2D eigenvalue weighted by molar-refractivity contribution is -0.140. The molecule has 1 aromatic heterocycles. The van der Waals surface area contributed by atoms with Crippen LogP contribution in [0.4, 0.5) is 24.5 Å². The molecule has 3 aromatic rings. The second kappa shape index (κ2) is 14.3. The summed E-state index contributed by atoms with van der Waals surface area (Å²) in [6.07, 6.45) is 0.539. The number of anilines is 2. The van der Waals surface area contributed by atoms with E-state index in [-0.39, 0.29) is 34.5 Å². The third-order valence-electron chi connectivity index (χ3n) is 8.74. The molecule has 0 unspecified atom stereocenters. The third kappa shape index (κ3) is 8.43. The van der Waals surface area contributed by atoms with Crippen LogP contribution in [0, 0.1) is 11.8 Å². The minimum absolute atomic E-state index is 0.0732. The Balaban J connectivity index is 1.54. The molecular weight excluding hydrogens is 607 g/mol. The van der Waals surface area contributed by atoms with E-state index in [2.05, 4.69) is 41.3 Å². The van der Waals surface area contributed by atoms with Gasteiger partial charge in [0.15, 0.2) is 0 Å². The quantitative estimate of drug-likeness (QED) is 0.225. The number of halogens is 3. The Bertz CT molecular complexity index is 1640. The van der Waals surface area contributed by atoms with Gasteiger partial charge in [-0.2, -0.15) is 13.2 Å². The van der Waals surface area contributed by atoms with Crippen LogP contribution in [0.15, 0.2) is 47.4 Å². The minimum atomic E-state index is -4.44. The van der Waals surface area contributed by atoms with Gasteiger partial charge in [0.05, 0.1) is 42.1 Å². The van der Waals surface area contributed by atoms with E-state index < -0.39 is 22.7 Å². The third-order valence-corrected chi connectivity index (χ3v) is 9.65. The van der Waals surface area contributed by atoms with Crippen LogP contribution in [0.3, 0.4) is 0 Å². The van der Waals surface area contributed by atoms with E-state index in [1.807, 2.05) is 6.07 Å². The molecule has 0 atom stereocenters. The Hall–Kier alpha value is -3.44. The van der Waals surface area contributed by atoms with Gasteiger partial charge >= 0.3 is 6.18 Å². The zero-order valence-corrected chi connectivity index (χ0v) is 26.9. The molecule has 4 N–H and O–H groups in total. The fraction of sp³-hybridized carbons (Fsp3) is 0.500. The average Bonchev–Trinajstić information content (AvgIpc) is 3.34. The molecule has 1 aliphatic carbocycles. The molecule has 13 heteroatoms. The molecule has 9 nitrogen and oxygen atoms in total. The molecule has 1 fully saturated rings. The van der Waals surface area contributed by atoms with Crippen molar-refractivity contribution < 1.29 is 31.1 Å². The van der Waals surface area contributed by atoms with Crippen LogP contribution in [-0.2, 0) is 21.3 Å². The van der Waals surface area contributed by atoms with Crippen molar-refractivity contribution in [2.24, 2.45) is 5.14 Å². The Morgan fingerprint density at radius 2 is 1.87 bits per heavy atom. The topological polar surface area (TPSA) is 111 Å². The van der Waals surface area contributed by atoms with E-state index in [4.69, 9.17) is 14.6 Å². The second-order valence-corrected chi connectivity index (χ2v) is 13.0. The van der Waals surface area contributed by atoms with Gasteiger partial charge in [0.2, 0.25) is 10.0 Å². The first kappa shape index (κ1) is 34.4. The highest BCUT2D eigenvalue weighted by Gasteiger charge is 2.37. The highest BCUT2D eigenvalue weighted by atomic mass is 32.2. The number of methoxy groups -OCH3 is 2. The van der Waals surface area contributed by atoms with Gasteiger partial charge in [0.1, 0.15) is 12.3 Å². The van der Waals surface area contributed by atoms with E-state index in [9.17, 15) is 21.6 Å². The molecular formula is C32H42F3N5O4S. The number of alkyl halides is 3. The predicted octanol–water partition coefficient (Wildman–Crippen LogP) is 5.40. The molecule has 0 radical (unpaired) electrons. The summed E-state index contributed by atoms with van der Waals surface area (Å²) in [7, 11) is 1.33. The fourth-order valence-electron chi connectivity index (χ4n) is 6.12. The van der Waals surface area contributed by atoms with E-state index in [1.54, 1.807) is 25.3 Å². The number of aromatic nitrogens is 1. The standard InChI is InChI=1S/C32H42F3N5O4S/c1-5-31(39(2)18-19-43-3)15-13-23(14-16-31)38-27-9-6-10-29-26(27)20-24(40(29)22-32(33,34)35)8-7-17-37-28-12-11-25(45(36,41)42)21-30(28)44-4/h6,9-12,20-21,23,37-38H,5,13-19,22H2,1-4H3,(H2,36,41,42)/t23-,31-. The zero-order chi connectivity index (χ0) is 32.8. The van der Waals surface area contributed by atoms with Gasteiger partial charge < -0.3 is 24.7 Å². The summed E-state index contributed by atoms with van der Waals surface area (Å²) >= 11 is 0. The minimum Gasteiger partial charge on any atom is -0.495 e. The molecule has 2 aromatic carbocycles. The molecule has 1 heterocycles. The highest BCUT2D eigenvalue weighted by molar-refractivity contribution is 7.89. The number of nitrogens with one attached hydrogen (secondary N) is 2. The number of nitrogens with two attached hydrogens (primary N) is 1. The van der Waals surface area contributed by atoms with Gasteiger partial charge in [0, 0.05) is 42.4 Å². The molecule has 1 aliphatic rings. The molecule has 0 spiro atoms. The Kier molecular flexibility index (Phi) is 11.0. The van der Waals surface area contributed by atoms with E-state index in [1.165, 1.54) is 29.9 Å². The number of hydrogen-bond acceptors (Lipinski definition) is 7. The lowest BCUT2D eigenvalue weighted by atomic mass is 9.76. The SMILES string of the molecule is CC[C@]1(N(C)CCOC)CC[C@H](Nc2cccc3c2cc(C#CCNc2ccc(S(N)(=O)=O)cc2OC)n3CC(F)(F)F)CC1. The lowest BCUT2D eigenvalue weighted by Gasteiger charge is -2.46. The van der Waals surface area contributed by atoms with Crippen LogP contribution >= 0.6 is 0 Å². The number of likely N-dealkylation sites (N-methyl/N-ethyl adjacent to an activating group) is 1. The summed E-state index contributed by atoms with van der Waals surface area (Å²) in [5.74, 6) is 6.03. The largest absolute Gasteiger partial charge is 0.495 e. The van der Waals surface area contributed by atoms with Crippen LogP contribution in [0.1, 0.15) is 44.7 Å².